The first-order valence-corrected chi connectivity index (χ1v) is 6.76. The molecule has 0 aliphatic rings. The minimum Gasteiger partial charge on any atom is -0.368 e. The maximum Gasteiger partial charge on any atom is 0.416 e. The van der Waals surface area contributed by atoms with Crippen molar-refractivity contribution in [3.8, 4) is 0 Å². The highest BCUT2D eigenvalue weighted by Crippen LogP contribution is 2.31. The van der Waals surface area contributed by atoms with Crippen molar-refractivity contribution < 1.29 is 13.2 Å². The number of thiophene rings is 1. The summed E-state index contributed by atoms with van der Waals surface area (Å²) >= 11 is 1.41. The van der Waals surface area contributed by atoms with Crippen LogP contribution in [0.1, 0.15) is 5.56 Å². The number of nitrogens with two attached hydrogens (primary N) is 1. The van der Waals surface area contributed by atoms with Crippen molar-refractivity contribution in [1.82, 2.24) is 9.97 Å². The molecule has 0 saturated heterocycles. The maximum absolute atomic E-state index is 12.5. The van der Waals surface area contributed by atoms with Crippen LogP contribution in [-0.2, 0) is 6.18 Å². The SMILES string of the molecule is Nc1nc(Nc2ccc(C(F)(F)F)cc2)c2ccsc2n1. The Labute approximate surface area is 121 Å². The van der Waals surface area contributed by atoms with E-state index in [1.165, 1.54) is 23.5 Å². The molecule has 4 nitrogen and oxygen atoms in total. The number of hydrogen-bond donors (Lipinski definition) is 2. The van der Waals surface area contributed by atoms with Gasteiger partial charge in [-0.15, -0.1) is 11.3 Å². The zero-order valence-corrected chi connectivity index (χ0v) is 11.3. The molecule has 108 valence electrons. The molecule has 2 aromatic heterocycles. The lowest BCUT2D eigenvalue weighted by molar-refractivity contribution is -0.137. The maximum atomic E-state index is 12.5. The van der Waals surface area contributed by atoms with Crippen molar-refractivity contribution >= 4 is 39.0 Å². The van der Waals surface area contributed by atoms with Crippen LogP contribution >= 0.6 is 11.3 Å². The second kappa shape index (κ2) is 4.88. The second-order valence-corrected chi connectivity index (χ2v) is 5.16. The van der Waals surface area contributed by atoms with Gasteiger partial charge < -0.3 is 11.1 Å². The Morgan fingerprint density at radius 1 is 1.05 bits per heavy atom. The quantitative estimate of drug-likeness (QED) is 0.750. The third-order valence-corrected chi connectivity index (χ3v) is 3.62. The number of halogens is 3. The molecule has 0 unspecified atom stereocenters. The summed E-state index contributed by atoms with van der Waals surface area (Å²) in [6.45, 7) is 0. The second-order valence-electron chi connectivity index (χ2n) is 4.27. The third kappa shape index (κ3) is 2.75. The highest BCUT2D eigenvalue weighted by Gasteiger charge is 2.29. The van der Waals surface area contributed by atoms with Gasteiger partial charge in [0.2, 0.25) is 5.95 Å². The van der Waals surface area contributed by atoms with E-state index in [2.05, 4.69) is 15.3 Å². The smallest absolute Gasteiger partial charge is 0.368 e. The van der Waals surface area contributed by atoms with Crippen LogP contribution in [-0.4, -0.2) is 9.97 Å². The van der Waals surface area contributed by atoms with Crippen LogP contribution in [0.2, 0.25) is 0 Å². The van der Waals surface area contributed by atoms with Crippen molar-refractivity contribution in [2.24, 2.45) is 0 Å². The van der Waals surface area contributed by atoms with Gasteiger partial charge in [-0.25, -0.2) is 4.98 Å². The van der Waals surface area contributed by atoms with Gasteiger partial charge in [0.1, 0.15) is 10.6 Å². The van der Waals surface area contributed by atoms with Crippen molar-refractivity contribution in [2.75, 3.05) is 11.1 Å². The monoisotopic (exact) mass is 310 g/mol. The summed E-state index contributed by atoms with van der Waals surface area (Å²) in [5, 5.41) is 5.58. The molecule has 0 amide bonds. The normalized spacial score (nSPS) is 11.8. The predicted molar refractivity (Wildman–Crippen MR) is 76.6 cm³/mol. The molecule has 3 N–H and O–H groups in total. The lowest BCUT2D eigenvalue weighted by atomic mass is 10.2. The molecular formula is C13H9F3N4S. The van der Waals surface area contributed by atoms with Crippen LogP contribution in [0.15, 0.2) is 35.7 Å². The average Bonchev–Trinajstić information content (AvgIpc) is 2.86. The van der Waals surface area contributed by atoms with Gasteiger partial charge in [0.25, 0.3) is 0 Å². The molecule has 0 spiro atoms. The number of hydrogen-bond acceptors (Lipinski definition) is 5. The first-order valence-electron chi connectivity index (χ1n) is 5.88. The van der Waals surface area contributed by atoms with E-state index in [9.17, 15) is 13.2 Å². The Bertz CT molecular complexity index is 780. The first kappa shape index (κ1) is 13.6. The Balaban J connectivity index is 1.93. The van der Waals surface area contributed by atoms with Crippen molar-refractivity contribution in [2.45, 2.75) is 6.18 Å². The molecule has 0 aliphatic heterocycles. The zero-order valence-electron chi connectivity index (χ0n) is 10.5. The van der Waals surface area contributed by atoms with Crippen LogP contribution < -0.4 is 11.1 Å². The minimum absolute atomic E-state index is 0.111. The molecule has 3 rings (SSSR count). The molecule has 8 heteroatoms. The van der Waals surface area contributed by atoms with Crippen LogP contribution in [0.25, 0.3) is 10.2 Å². The lowest BCUT2D eigenvalue weighted by Crippen LogP contribution is -2.05. The lowest BCUT2D eigenvalue weighted by Gasteiger charge is -2.10. The molecule has 0 atom stereocenters. The molecule has 1 aromatic carbocycles. The van der Waals surface area contributed by atoms with Crippen LogP contribution in [0, 0.1) is 0 Å². The fourth-order valence-electron chi connectivity index (χ4n) is 1.85. The molecule has 0 fully saturated rings. The largest absolute Gasteiger partial charge is 0.416 e. The molecule has 0 bridgehead atoms. The van der Waals surface area contributed by atoms with Gasteiger partial charge in [-0.2, -0.15) is 18.2 Å². The van der Waals surface area contributed by atoms with Crippen molar-refractivity contribution in [1.29, 1.82) is 0 Å². The van der Waals surface area contributed by atoms with E-state index >= 15 is 0 Å². The summed E-state index contributed by atoms with van der Waals surface area (Å²) in [5.74, 6) is 0.581. The van der Waals surface area contributed by atoms with E-state index in [-0.39, 0.29) is 5.95 Å². The molecule has 0 saturated carbocycles. The Hall–Kier alpha value is -2.35. The molecular weight excluding hydrogens is 301 g/mol. The van der Waals surface area contributed by atoms with Crippen LogP contribution in [0.4, 0.5) is 30.6 Å². The summed E-state index contributed by atoms with van der Waals surface area (Å²) in [7, 11) is 0. The summed E-state index contributed by atoms with van der Waals surface area (Å²) in [6, 6.07) is 6.54. The standard InChI is InChI=1S/C13H9F3N4S/c14-13(15,16)7-1-3-8(4-2-7)18-10-9-5-6-21-11(9)20-12(17)19-10/h1-6H,(H3,17,18,19,20). The van der Waals surface area contributed by atoms with E-state index in [1.54, 1.807) is 0 Å². The summed E-state index contributed by atoms with van der Waals surface area (Å²) in [4.78, 5) is 8.88. The van der Waals surface area contributed by atoms with Gasteiger partial charge in [-0.05, 0) is 35.7 Å². The molecule has 0 aliphatic carbocycles. The van der Waals surface area contributed by atoms with Gasteiger partial charge in [-0.3, -0.25) is 0 Å². The number of rotatable bonds is 2. The Kier molecular flexibility index (Phi) is 3.17. The average molecular weight is 310 g/mol. The third-order valence-electron chi connectivity index (χ3n) is 2.82. The number of nitrogens with one attached hydrogen (secondary N) is 1. The number of benzene rings is 1. The fraction of sp³-hybridized carbons (Fsp3) is 0.0769. The Morgan fingerprint density at radius 3 is 2.43 bits per heavy atom. The molecule has 21 heavy (non-hydrogen) atoms. The van der Waals surface area contributed by atoms with Crippen LogP contribution in [0.3, 0.4) is 0 Å². The fourth-order valence-corrected chi connectivity index (χ4v) is 2.62. The van der Waals surface area contributed by atoms with E-state index in [1.807, 2.05) is 11.4 Å². The van der Waals surface area contributed by atoms with E-state index < -0.39 is 11.7 Å². The van der Waals surface area contributed by atoms with Crippen LogP contribution in [0.5, 0.6) is 0 Å². The number of aromatic nitrogens is 2. The first-order chi connectivity index (χ1) is 9.93. The topological polar surface area (TPSA) is 63.8 Å². The van der Waals surface area contributed by atoms with Crippen molar-refractivity contribution in [3.05, 3.63) is 41.3 Å². The molecule has 0 radical (unpaired) electrons. The summed E-state index contributed by atoms with van der Waals surface area (Å²) < 4.78 is 37.5. The summed E-state index contributed by atoms with van der Waals surface area (Å²) in [6.07, 6.45) is -4.35. The number of alkyl halides is 3. The van der Waals surface area contributed by atoms with E-state index in [4.69, 9.17) is 5.73 Å². The Morgan fingerprint density at radius 2 is 1.76 bits per heavy atom. The molecule has 3 aromatic rings. The highest BCUT2D eigenvalue weighted by molar-refractivity contribution is 7.16. The summed E-state index contributed by atoms with van der Waals surface area (Å²) in [5.41, 5.74) is 5.41. The zero-order chi connectivity index (χ0) is 15.0. The number of nitrogens with zero attached hydrogens (tertiary/aromatic N) is 2. The van der Waals surface area contributed by atoms with Gasteiger partial charge in [0.05, 0.1) is 10.9 Å². The van der Waals surface area contributed by atoms with Gasteiger partial charge in [0.15, 0.2) is 0 Å². The number of nitrogen functional groups attached to an aromatic ring is 1. The minimum atomic E-state index is -4.35. The van der Waals surface area contributed by atoms with Gasteiger partial charge in [-0.1, -0.05) is 0 Å². The predicted octanol–water partition coefficient (Wildman–Crippen LogP) is 4.04. The van der Waals surface area contributed by atoms with Crippen molar-refractivity contribution in [3.63, 3.8) is 0 Å². The van der Waals surface area contributed by atoms with Gasteiger partial charge >= 0.3 is 6.18 Å². The number of fused-ring (bicyclic) bond motifs is 1. The highest BCUT2D eigenvalue weighted by atomic mass is 32.1. The van der Waals surface area contributed by atoms with Gasteiger partial charge in [0, 0.05) is 5.69 Å². The van der Waals surface area contributed by atoms with E-state index in [0.717, 1.165) is 22.3 Å². The van der Waals surface area contributed by atoms with E-state index in [0.29, 0.717) is 11.5 Å². The number of anilines is 3. The molecule has 2 heterocycles.